The first-order valence-electron chi connectivity index (χ1n) is 5.94. The molecule has 2 heterocycles. The van der Waals surface area contributed by atoms with E-state index in [-0.39, 0.29) is 12.0 Å². The van der Waals surface area contributed by atoms with E-state index in [0.717, 1.165) is 5.82 Å². The Labute approximate surface area is 116 Å². The molecular formula is C14H16N2O2S. The highest BCUT2D eigenvalue weighted by Gasteiger charge is 2.16. The summed E-state index contributed by atoms with van der Waals surface area (Å²) in [4.78, 5) is 19.1. The average Bonchev–Trinajstić information content (AvgIpc) is 2.99. The molecule has 19 heavy (non-hydrogen) atoms. The fraction of sp³-hybridized carbons (Fsp3) is 0.286. The van der Waals surface area contributed by atoms with Crippen LogP contribution in [0.25, 0.3) is 0 Å². The van der Waals surface area contributed by atoms with Gasteiger partial charge in [-0.05, 0) is 30.5 Å². The van der Waals surface area contributed by atoms with Crippen molar-refractivity contribution < 1.29 is 9.53 Å². The molecule has 0 fully saturated rings. The predicted molar refractivity (Wildman–Crippen MR) is 76.7 cm³/mol. The smallest absolute Gasteiger partial charge is 0.338 e. The zero-order valence-corrected chi connectivity index (χ0v) is 12.0. The molecule has 0 N–H and O–H groups in total. The number of esters is 1. The number of nitrogens with zero attached hydrogens (tertiary/aromatic N) is 2. The van der Waals surface area contributed by atoms with Crippen LogP contribution in [0.4, 0.5) is 5.82 Å². The Morgan fingerprint density at radius 2 is 2.26 bits per heavy atom. The lowest BCUT2D eigenvalue weighted by molar-refractivity contribution is 0.0600. The summed E-state index contributed by atoms with van der Waals surface area (Å²) in [7, 11) is 3.34. The SMILES string of the molecule is COC(=O)c1ccnc(N(C)C(C)c2cccs2)c1. The lowest BCUT2D eigenvalue weighted by Crippen LogP contribution is -2.22. The molecule has 0 saturated carbocycles. The third-order valence-electron chi connectivity index (χ3n) is 3.06. The van der Waals surface area contributed by atoms with E-state index >= 15 is 0 Å². The Bertz CT molecular complexity index is 554. The maximum atomic E-state index is 11.5. The molecule has 0 spiro atoms. The molecule has 1 unspecified atom stereocenters. The first-order valence-corrected chi connectivity index (χ1v) is 6.82. The highest BCUT2D eigenvalue weighted by atomic mass is 32.1. The van der Waals surface area contributed by atoms with E-state index in [0.29, 0.717) is 5.56 Å². The average molecular weight is 276 g/mol. The van der Waals surface area contributed by atoms with Gasteiger partial charge in [0, 0.05) is 18.1 Å². The van der Waals surface area contributed by atoms with Gasteiger partial charge in [-0.3, -0.25) is 0 Å². The molecule has 0 aliphatic heterocycles. The minimum Gasteiger partial charge on any atom is -0.465 e. The van der Waals surface area contributed by atoms with Crippen molar-refractivity contribution >= 4 is 23.1 Å². The second-order valence-electron chi connectivity index (χ2n) is 4.20. The van der Waals surface area contributed by atoms with Gasteiger partial charge in [-0.1, -0.05) is 6.07 Å². The first-order chi connectivity index (χ1) is 9.13. The van der Waals surface area contributed by atoms with Crippen LogP contribution in [0.2, 0.25) is 0 Å². The molecule has 1 atom stereocenters. The predicted octanol–water partition coefficient (Wildman–Crippen LogP) is 3.13. The maximum Gasteiger partial charge on any atom is 0.338 e. The molecule has 0 radical (unpaired) electrons. The first kappa shape index (κ1) is 13.5. The molecule has 2 aromatic heterocycles. The lowest BCUT2D eigenvalue weighted by Gasteiger charge is -2.25. The zero-order chi connectivity index (χ0) is 13.8. The molecule has 0 aromatic carbocycles. The number of thiophene rings is 1. The number of ether oxygens (including phenoxy) is 1. The fourth-order valence-electron chi connectivity index (χ4n) is 1.77. The Morgan fingerprint density at radius 3 is 2.89 bits per heavy atom. The number of pyridine rings is 1. The number of aromatic nitrogens is 1. The van der Waals surface area contributed by atoms with Gasteiger partial charge < -0.3 is 9.64 Å². The van der Waals surface area contributed by atoms with Gasteiger partial charge in [0.2, 0.25) is 0 Å². The van der Waals surface area contributed by atoms with Gasteiger partial charge in [-0.25, -0.2) is 9.78 Å². The van der Waals surface area contributed by atoms with Crippen LogP contribution >= 0.6 is 11.3 Å². The summed E-state index contributed by atoms with van der Waals surface area (Å²) in [6.45, 7) is 2.11. The summed E-state index contributed by atoms with van der Waals surface area (Å²) < 4.78 is 4.72. The topological polar surface area (TPSA) is 42.4 Å². The molecule has 4 nitrogen and oxygen atoms in total. The van der Waals surface area contributed by atoms with Gasteiger partial charge in [0.15, 0.2) is 0 Å². The number of anilines is 1. The maximum absolute atomic E-state index is 11.5. The highest BCUT2D eigenvalue weighted by molar-refractivity contribution is 7.10. The van der Waals surface area contributed by atoms with Gasteiger partial charge in [0.1, 0.15) is 5.82 Å². The van der Waals surface area contributed by atoms with Crippen LogP contribution in [0.3, 0.4) is 0 Å². The fourth-order valence-corrected chi connectivity index (χ4v) is 2.60. The van der Waals surface area contributed by atoms with Crippen LogP contribution in [0.1, 0.15) is 28.2 Å². The Kier molecular flexibility index (Phi) is 4.16. The Morgan fingerprint density at radius 1 is 1.47 bits per heavy atom. The number of methoxy groups -OCH3 is 1. The molecule has 2 aromatic rings. The van der Waals surface area contributed by atoms with E-state index in [1.807, 2.05) is 18.0 Å². The summed E-state index contributed by atoms with van der Waals surface area (Å²) in [5, 5.41) is 2.05. The zero-order valence-electron chi connectivity index (χ0n) is 11.2. The summed E-state index contributed by atoms with van der Waals surface area (Å²) in [6.07, 6.45) is 1.62. The van der Waals surface area contributed by atoms with Crippen LogP contribution in [-0.2, 0) is 4.74 Å². The van der Waals surface area contributed by atoms with Gasteiger partial charge in [0.25, 0.3) is 0 Å². The van der Waals surface area contributed by atoms with Gasteiger partial charge in [-0.15, -0.1) is 11.3 Å². The van der Waals surface area contributed by atoms with Crippen molar-refractivity contribution in [3.8, 4) is 0 Å². The van der Waals surface area contributed by atoms with E-state index in [1.54, 1.807) is 29.7 Å². The van der Waals surface area contributed by atoms with Crippen LogP contribution in [0.5, 0.6) is 0 Å². The van der Waals surface area contributed by atoms with Crippen molar-refractivity contribution in [2.45, 2.75) is 13.0 Å². The molecule has 5 heteroatoms. The minimum absolute atomic E-state index is 0.209. The van der Waals surface area contributed by atoms with Crippen molar-refractivity contribution in [1.82, 2.24) is 4.98 Å². The molecule has 100 valence electrons. The molecule has 2 rings (SSSR count). The normalized spacial score (nSPS) is 11.9. The van der Waals surface area contributed by atoms with Gasteiger partial charge in [-0.2, -0.15) is 0 Å². The lowest BCUT2D eigenvalue weighted by atomic mass is 10.2. The van der Waals surface area contributed by atoms with Crippen molar-refractivity contribution in [2.24, 2.45) is 0 Å². The standard InChI is InChI=1S/C14H16N2O2S/c1-10(12-5-4-8-19-12)16(2)13-9-11(6-7-15-13)14(17)18-3/h4-10H,1-3H3. The number of hydrogen-bond donors (Lipinski definition) is 0. The number of hydrogen-bond acceptors (Lipinski definition) is 5. The van der Waals surface area contributed by atoms with E-state index in [2.05, 4.69) is 23.4 Å². The van der Waals surface area contributed by atoms with E-state index in [4.69, 9.17) is 4.74 Å². The number of carbonyl (C=O) groups excluding carboxylic acids is 1. The van der Waals surface area contributed by atoms with Crippen molar-refractivity contribution in [2.75, 3.05) is 19.1 Å². The third-order valence-corrected chi connectivity index (χ3v) is 4.11. The van der Waals surface area contributed by atoms with Crippen LogP contribution in [0.15, 0.2) is 35.8 Å². The largest absolute Gasteiger partial charge is 0.465 e. The molecular weight excluding hydrogens is 260 g/mol. The van der Waals surface area contributed by atoms with E-state index in [9.17, 15) is 4.79 Å². The molecule has 0 bridgehead atoms. The molecule has 0 amide bonds. The number of carbonyl (C=O) groups is 1. The second-order valence-corrected chi connectivity index (χ2v) is 5.18. The highest BCUT2D eigenvalue weighted by Crippen LogP contribution is 2.27. The third kappa shape index (κ3) is 2.93. The second kappa shape index (κ2) is 5.84. The Hall–Kier alpha value is -1.88. The monoisotopic (exact) mass is 276 g/mol. The summed E-state index contributed by atoms with van der Waals surface area (Å²) in [5.74, 6) is 0.407. The minimum atomic E-state index is -0.346. The van der Waals surface area contributed by atoms with Gasteiger partial charge in [0.05, 0.1) is 18.7 Å². The van der Waals surface area contributed by atoms with Crippen LogP contribution in [-0.4, -0.2) is 25.1 Å². The van der Waals surface area contributed by atoms with Crippen molar-refractivity contribution in [3.63, 3.8) is 0 Å². The number of rotatable bonds is 4. The van der Waals surface area contributed by atoms with Crippen LogP contribution in [0, 0.1) is 0 Å². The Balaban J connectivity index is 2.24. The summed E-state index contributed by atoms with van der Waals surface area (Å²) in [6, 6.07) is 7.73. The van der Waals surface area contributed by atoms with E-state index in [1.165, 1.54) is 12.0 Å². The summed E-state index contributed by atoms with van der Waals surface area (Å²) >= 11 is 1.71. The molecule has 0 saturated heterocycles. The molecule has 0 aliphatic carbocycles. The van der Waals surface area contributed by atoms with Crippen molar-refractivity contribution in [1.29, 1.82) is 0 Å². The van der Waals surface area contributed by atoms with Crippen molar-refractivity contribution in [3.05, 3.63) is 46.3 Å². The van der Waals surface area contributed by atoms with Crippen LogP contribution < -0.4 is 4.90 Å². The van der Waals surface area contributed by atoms with Gasteiger partial charge >= 0.3 is 5.97 Å². The quantitative estimate of drug-likeness (QED) is 0.805. The molecule has 0 aliphatic rings. The van der Waals surface area contributed by atoms with E-state index < -0.39 is 0 Å². The summed E-state index contributed by atoms with van der Waals surface area (Å²) in [5.41, 5.74) is 0.512.